The van der Waals surface area contributed by atoms with Crippen LogP contribution in [0, 0.1) is 0 Å². The van der Waals surface area contributed by atoms with E-state index in [0.29, 0.717) is 0 Å². The molecule has 0 bridgehead atoms. The molecule has 8 N–H and O–H groups in total. The average Bonchev–Trinajstić information content (AvgIpc) is 1.88. The Balaban J connectivity index is -0.0000000318. The van der Waals surface area contributed by atoms with Crippen molar-refractivity contribution in [3.8, 4) is 0 Å². The Bertz CT molecular complexity index is 221. The van der Waals surface area contributed by atoms with E-state index in [9.17, 15) is 0 Å². The molecule has 0 aliphatic rings. The number of rotatable bonds is 0. The van der Waals surface area contributed by atoms with Gasteiger partial charge in [0.1, 0.15) is 0 Å². The zero-order valence-corrected chi connectivity index (χ0v) is 9.19. The van der Waals surface area contributed by atoms with Crippen molar-refractivity contribution in [3.63, 3.8) is 0 Å². The molecule has 0 amide bonds. The normalized spacial score (nSPS) is 8.53. The van der Waals surface area contributed by atoms with Crippen molar-refractivity contribution in [3.05, 3.63) is 11.7 Å². The molecule has 0 atom stereocenters. The summed E-state index contributed by atoms with van der Waals surface area (Å²) >= 11 is 0. The minimum atomic E-state index is -4.92. The van der Waals surface area contributed by atoms with Crippen molar-refractivity contribution in [1.82, 2.24) is 0 Å². The average molecular weight is 320 g/mol. The Morgan fingerprint density at radius 3 is 0.800 bits per heavy atom. The van der Waals surface area contributed by atoms with E-state index in [1.165, 1.54) is 0 Å². The third-order valence-electron chi connectivity index (χ3n) is 0. The number of hydrogen-bond donors (Lipinski definition) is 4. The van der Waals surface area contributed by atoms with E-state index in [1.807, 2.05) is 0 Å². The Morgan fingerprint density at radius 1 is 0.800 bits per heavy atom. The maximum absolute atomic E-state index is 8.63. The second-order valence-corrected chi connectivity index (χ2v) is 2.57. The predicted molar refractivity (Wildman–Crippen MR) is 41.7 cm³/mol. The first-order valence-corrected chi connectivity index (χ1v) is 4.67. The number of nitrogens with one attached hydrogen (secondary N) is 2. The summed E-state index contributed by atoms with van der Waals surface area (Å²) in [5.74, 6) is 18.0. The van der Waals surface area contributed by atoms with Crippen LogP contribution in [0.1, 0.15) is 0 Å². The largest absolute Gasteiger partial charge is 2.00 e. The molecule has 0 spiro atoms. The fourth-order valence-electron chi connectivity index (χ4n) is 0. The van der Waals surface area contributed by atoms with Crippen LogP contribution < -0.4 is 11.7 Å². The maximum atomic E-state index is 8.63. The van der Waals surface area contributed by atoms with Crippen molar-refractivity contribution < 1.29 is 52.1 Å². The molecule has 0 unspecified atom stereocenters. The summed E-state index contributed by atoms with van der Waals surface area (Å²) < 4.78 is 65.7. The molecule has 15 heavy (non-hydrogen) atoms. The maximum Gasteiger partial charge on any atom is 2.00 e. The molecule has 12 nitrogen and oxygen atoms in total. The fraction of sp³-hybridized carbons (Fsp3) is 0. The molecule has 0 aliphatic carbocycles. The van der Waals surface area contributed by atoms with E-state index < -0.39 is 20.8 Å². The SMILES string of the molecule is O=S(=O)([O-])O.O=S(=O)([O-])O.[Cu+2].[NH-]N.[NH-]N. The molecule has 0 heterocycles. The van der Waals surface area contributed by atoms with Gasteiger partial charge in [-0.1, -0.05) is 0 Å². The van der Waals surface area contributed by atoms with Gasteiger partial charge in [0.2, 0.25) is 20.8 Å². The van der Waals surface area contributed by atoms with Gasteiger partial charge in [0.15, 0.2) is 0 Å². The van der Waals surface area contributed by atoms with Crippen LogP contribution in [-0.2, 0) is 37.9 Å². The topological polar surface area (TPSA) is 255 Å². The van der Waals surface area contributed by atoms with Gasteiger partial charge in [0.05, 0.1) is 0 Å². The second-order valence-electron chi connectivity index (χ2n) is 0.855. The Kier molecular flexibility index (Phi) is 32.4. The molecule has 0 fully saturated rings. The molecule has 0 saturated carbocycles. The number of hydrogen-bond acceptors (Lipinski definition) is 8. The molecule has 0 aliphatic heterocycles. The van der Waals surface area contributed by atoms with Crippen LogP contribution in [0.3, 0.4) is 0 Å². The number of nitrogens with two attached hydrogens (primary N) is 2. The minimum Gasteiger partial charge on any atom is -0.726 e. The Labute approximate surface area is 96.6 Å². The van der Waals surface area contributed by atoms with E-state index in [4.69, 9.17) is 46.7 Å². The minimum absolute atomic E-state index is 0. The van der Waals surface area contributed by atoms with Crippen LogP contribution in [0.2, 0.25) is 0 Å². The van der Waals surface area contributed by atoms with Crippen molar-refractivity contribution >= 4 is 20.8 Å². The van der Waals surface area contributed by atoms with Gasteiger partial charge < -0.3 is 32.5 Å². The molecule has 0 saturated heterocycles. The summed E-state index contributed by atoms with van der Waals surface area (Å²) in [6.07, 6.45) is 0. The van der Waals surface area contributed by atoms with Gasteiger partial charge in [-0.2, -0.15) is 0 Å². The first-order chi connectivity index (χ1) is 6.00. The van der Waals surface area contributed by atoms with E-state index in [1.54, 1.807) is 0 Å². The van der Waals surface area contributed by atoms with E-state index >= 15 is 0 Å². The summed E-state index contributed by atoms with van der Waals surface area (Å²) in [6.45, 7) is 0. The molecule has 0 aromatic heterocycles. The van der Waals surface area contributed by atoms with Crippen molar-refractivity contribution in [2.45, 2.75) is 0 Å². The van der Waals surface area contributed by atoms with Crippen LogP contribution in [-0.4, -0.2) is 35.0 Å². The first-order valence-electron chi connectivity index (χ1n) is 1.94. The van der Waals surface area contributed by atoms with Gasteiger partial charge in [0.25, 0.3) is 0 Å². The molecular weight excluding hydrogens is 312 g/mol. The molecular formula is H8CuN4O8S2-2. The van der Waals surface area contributed by atoms with E-state index in [0.717, 1.165) is 0 Å². The van der Waals surface area contributed by atoms with Gasteiger partial charge in [-0.05, 0) is 0 Å². The van der Waals surface area contributed by atoms with Crippen molar-refractivity contribution in [1.29, 1.82) is 0 Å². The van der Waals surface area contributed by atoms with Crippen LogP contribution in [0.4, 0.5) is 0 Å². The van der Waals surface area contributed by atoms with Gasteiger partial charge in [0, 0.05) is 0 Å². The zero-order valence-electron chi connectivity index (χ0n) is 6.62. The first kappa shape index (κ1) is 29.4. The van der Waals surface area contributed by atoms with Crippen LogP contribution in [0.15, 0.2) is 0 Å². The summed E-state index contributed by atoms with van der Waals surface area (Å²) in [4.78, 5) is 0. The third kappa shape index (κ3) is 209000. The van der Waals surface area contributed by atoms with Crippen molar-refractivity contribution in [2.24, 2.45) is 11.7 Å². The molecule has 15 heteroatoms. The predicted octanol–water partition coefficient (Wildman–Crippen LogP) is -2.17. The molecule has 0 rings (SSSR count). The second kappa shape index (κ2) is 16.5. The molecule has 101 valence electrons. The van der Waals surface area contributed by atoms with E-state index in [2.05, 4.69) is 11.7 Å². The van der Waals surface area contributed by atoms with Gasteiger partial charge >= 0.3 is 17.1 Å². The van der Waals surface area contributed by atoms with Gasteiger partial charge in [-0.3, -0.25) is 9.11 Å². The fourth-order valence-corrected chi connectivity index (χ4v) is 0. The molecule has 0 aromatic carbocycles. The zero-order chi connectivity index (χ0) is 13.0. The monoisotopic (exact) mass is 319 g/mol. The summed E-state index contributed by atoms with van der Waals surface area (Å²) in [7, 11) is -9.83. The quantitative estimate of drug-likeness (QED) is 0.123. The van der Waals surface area contributed by atoms with E-state index in [-0.39, 0.29) is 17.1 Å². The molecule has 1 radical (unpaired) electrons. The van der Waals surface area contributed by atoms with Crippen molar-refractivity contribution in [2.75, 3.05) is 0 Å². The summed E-state index contributed by atoms with van der Waals surface area (Å²) in [6, 6.07) is 0. The Morgan fingerprint density at radius 2 is 0.800 bits per heavy atom. The van der Waals surface area contributed by atoms with Gasteiger partial charge in [-0.15, -0.1) is 0 Å². The Hall–Kier alpha value is 0.0995. The smallest absolute Gasteiger partial charge is 0.726 e. The van der Waals surface area contributed by atoms with Crippen LogP contribution in [0.25, 0.3) is 11.7 Å². The summed E-state index contributed by atoms with van der Waals surface area (Å²) in [5, 5.41) is 0. The summed E-state index contributed by atoms with van der Waals surface area (Å²) in [5.41, 5.74) is 0. The third-order valence-corrected chi connectivity index (χ3v) is 0. The van der Waals surface area contributed by atoms with Crippen LogP contribution >= 0.6 is 0 Å². The van der Waals surface area contributed by atoms with Crippen LogP contribution in [0.5, 0.6) is 0 Å². The van der Waals surface area contributed by atoms with Gasteiger partial charge in [-0.25, -0.2) is 16.8 Å². The standard InChI is InChI=1S/Cu.2H3N2.2H2O4S/c;2*1-2;2*1-5(2,3)4/h;2*1H,2H2;2*(H2,1,2,3,4)/q+2;2*-1;;/p-2. The molecule has 0 aromatic rings.